The fourth-order valence-electron chi connectivity index (χ4n) is 0.878. The first-order valence-corrected chi connectivity index (χ1v) is 3.80. The van der Waals surface area contributed by atoms with Gasteiger partial charge in [0.15, 0.2) is 5.88 Å². The van der Waals surface area contributed by atoms with Gasteiger partial charge < -0.3 is 20.2 Å². The minimum atomic E-state index is -0.696. The number of aliphatic hydroxyl groups is 1. The van der Waals surface area contributed by atoms with Crippen molar-refractivity contribution in [3.63, 3.8) is 0 Å². The Bertz CT molecular complexity index is 245. The molecule has 0 aromatic carbocycles. The average Bonchev–Trinajstić information content (AvgIpc) is 2.51. The van der Waals surface area contributed by atoms with Crippen LogP contribution >= 0.6 is 0 Å². The summed E-state index contributed by atoms with van der Waals surface area (Å²) in [5.74, 6) is 1.23. The van der Waals surface area contributed by atoms with Crippen molar-refractivity contribution in [2.45, 2.75) is 6.10 Å². The molecule has 1 rings (SSSR count). The fourth-order valence-corrected chi connectivity index (χ4v) is 0.878. The molecular weight excluding hydrogens is 156 g/mol. The minimum absolute atomic E-state index is 0.181. The first-order valence-electron chi connectivity index (χ1n) is 3.80. The van der Waals surface area contributed by atoms with Crippen molar-refractivity contribution in [1.82, 2.24) is 0 Å². The van der Waals surface area contributed by atoms with E-state index >= 15 is 0 Å². The Morgan fingerprint density at radius 1 is 1.58 bits per heavy atom. The molecule has 1 aromatic heterocycles. The largest absolute Gasteiger partial charge is 0.443 e. The van der Waals surface area contributed by atoms with Gasteiger partial charge in [0.05, 0.1) is 0 Å². The molecule has 0 aliphatic heterocycles. The van der Waals surface area contributed by atoms with Crippen LogP contribution in [-0.4, -0.2) is 25.7 Å². The van der Waals surface area contributed by atoms with Crippen LogP contribution < -0.4 is 10.6 Å². The zero-order chi connectivity index (χ0) is 9.14. The second-order valence-electron chi connectivity index (χ2n) is 2.82. The van der Waals surface area contributed by atoms with Gasteiger partial charge in [-0.1, -0.05) is 0 Å². The highest BCUT2D eigenvalue weighted by atomic mass is 16.4. The van der Waals surface area contributed by atoms with Crippen molar-refractivity contribution in [1.29, 1.82) is 0 Å². The maximum absolute atomic E-state index is 9.29. The Morgan fingerprint density at radius 3 is 2.67 bits per heavy atom. The summed E-state index contributed by atoms with van der Waals surface area (Å²) in [6.45, 7) is 0.181. The van der Waals surface area contributed by atoms with Crippen LogP contribution in [0.2, 0.25) is 0 Å². The molecule has 0 bridgehead atoms. The first-order chi connectivity index (χ1) is 5.65. The number of nitrogens with zero attached hydrogens (tertiary/aromatic N) is 1. The van der Waals surface area contributed by atoms with Crippen molar-refractivity contribution in [3.05, 3.63) is 17.9 Å². The quantitative estimate of drug-likeness (QED) is 0.686. The molecule has 1 aromatic rings. The lowest BCUT2D eigenvalue weighted by Gasteiger charge is -2.07. The van der Waals surface area contributed by atoms with Gasteiger partial charge in [0.2, 0.25) is 0 Å². The van der Waals surface area contributed by atoms with Crippen molar-refractivity contribution < 1.29 is 9.52 Å². The molecule has 0 saturated carbocycles. The highest BCUT2D eigenvalue weighted by Crippen LogP contribution is 2.20. The standard InChI is InChI=1S/C8H14N2O2/c1-10(2)8-4-3-7(12-8)6(11)5-9/h3-4,6,11H,5,9H2,1-2H3/t6-/m0/s1. The predicted molar refractivity (Wildman–Crippen MR) is 47.0 cm³/mol. The van der Waals surface area contributed by atoms with Gasteiger partial charge in [-0.2, -0.15) is 0 Å². The zero-order valence-electron chi connectivity index (χ0n) is 7.32. The van der Waals surface area contributed by atoms with Crippen LogP contribution in [-0.2, 0) is 0 Å². The molecule has 0 aliphatic carbocycles. The SMILES string of the molecule is CN(C)c1ccc([C@@H](O)CN)o1. The third-order valence-corrected chi connectivity index (χ3v) is 1.61. The van der Waals surface area contributed by atoms with E-state index in [1.165, 1.54) is 0 Å². The summed E-state index contributed by atoms with van der Waals surface area (Å²) in [5, 5.41) is 9.29. The maximum atomic E-state index is 9.29. The lowest BCUT2D eigenvalue weighted by Crippen LogP contribution is -2.11. The predicted octanol–water partition coefficient (Wildman–Crippen LogP) is 0.338. The zero-order valence-corrected chi connectivity index (χ0v) is 7.32. The van der Waals surface area contributed by atoms with Gasteiger partial charge in [0.25, 0.3) is 0 Å². The average molecular weight is 170 g/mol. The number of rotatable bonds is 3. The number of anilines is 1. The molecule has 0 unspecified atom stereocenters. The normalized spacial score (nSPS) is 13.0. The van der Waals surface area contributed by atoms with Crippen LogP contribution in [0.4, 0.5) is 5.88 Å². The number of aliphatic hydroxyl groups excluding tert-OH is 1. The second-order valence-corrected chi connectivity index (χ2v) is 2.82. The summed E-state index contributed by atoms with van der Waals surface area (Å²) >= 11 is 0. The first kappa shape index (κ1) is 9.09. The van der Waals surface area contributed by atoms with Crippen LogP contribution in [0.15, 0.2) is 16.5 Å². The Kier molecular flexibility index (Phi) is 2.73. The third kappa shape index (κ3) is 1.78. The highest BCUT2D eigenvalue weighted by Gasteiger charge is 2.10. The summed E-state index contributed by atoms with van der Waals surface area (Å²) in [6, 6.07) is 3.53. The summed E-state index contributed by atoms with van der Waals surface area (Å²) in [6.07, 6.45) is -0.696. The molecule has 0 aliphatic rings. The lowest BCUT2D eigenvalue weighted by molar-refractivity contribution is 0.159. The summed E-state index contributed by atoms with van der Waals surface area (Å²) in [4.78, 5) is 1.83. The van der Waals surface area contributed by atoms with Gasteiger partial charge in [-0.15, -0.1) is 0 Å². The van der Waals surface area contributed by atoms with Crippen molar-refractivity contribution >= 4 is 5.88 Å². The number of hydrogen-bond donors (Lipinski definition) is 2. The van der Waals surface area contributed by atoms with E-state index in [0.717, 1.165) is 5.88 Å². The molecule has 3 N–H and O–H groups in total. The number of hydrogen-bond acceptors (Lipinski definition) is 4. The van der Waals surface area contributed by atoms with Gasteiger partial charge in [-0.25, -0.2) is 0 Å². The van der Waals surface area contributed by atoms with E-state index in [1.807, 2.05) is 19.0 Å². The molecule has 1 atom stereocenters. The Labute approximate surface area is 71.6 Å². The molecule has 4 heteroatoms. The van der Waals surface area contributed by atoms with E-state index < -0.39 is 6.10 Å². The van der Waals surface area contributed by atoms with E-state index in [0.29, 0.717) is 5.76 Å². The monoisotopic (exact) mass is 170 g/mol. The number of furan rings is 1. The van der Waals surface area contributed by atoms with Crippen molar-refractivity contribution in [2.75, 3.05) is 25.5 Å². The minimum Gasteiger partial charge on any atom is -0.443 e. The number of nitrogens with two attached hydrogens (primary N) is 1. The summed E-state index contributed by atoms with van der Waals surface area (Å²) in [5.41, 5.74) is 5.27. The topological polar surface area (TPSA) is 62.6 Å². The van der Waals surface area contributed by atoms with Gasteiger partial charge in [0, 0.05) is 26.7 Å². The van der Waals surface area contributed by atoms with E-state index in [4.69, 9.17) is 10.2 Å². The molecule has 4 nitrogen and oxygen atoms in total. The molecule has 0 spiro atoms. The Hall–Kier alpha value is -1.00. The van der Waals surface area contributed by atoms with E-state index in [2.05, 4.69) is 0 Å². The molecule has 0 fully saturated rings. The van der Waals surface area contributed by atoms with Crippen LogP contribution in [0, 0.1) is 0 Å². The lowest BCUT2D eigenvalue weighted by atomic mass is 10.3. The smallest absolute Gasteiger partial charge is 0.195 e. The summed E-state index contributed by atoms with van der Waals surface area (Å²) in [7, 11) is 3.74. The van der Waals surface area contributed by atoms with E-state index in [-0.39, 0.29) is 6.54 Å². The Morgan fingerprint density at radius 2 is 2.25 bits per heavy atom. The van der Waals surface area contributed by atoms with E-state index in [9.17, 15) is 5.11 Å². The van der Waals surface area contributed by atoms with Gasteiger partial charge in [-0.3, -0.25) is 0 Å². The van der Waals surface area contributed by atoms with E-state index in [1.54, 1.807) is 12.1 Å². The van der Waals surface area contributed by atoms with Crippen molar-refractivity contribution in [2.24, 2.45) is 5.73 Å². The van der Waals surface area contributed by atoms with Gasteiger partial charge >= 0.3 is 0 Å². The molecule has 0 radical (unpaired) electrons. The van der Waals surface area contributed by atoms with Crippen LogP contribution in [0.5, 0.6) is 0 Å². The fraction of sp³-hybridized carbons (Fsp3) is 0.500. The second kappa shape index (κ2) is 3.60. The maximum Gasteiger partial charge on any atom is 0.195 e. The molecule has 68 valence electrons. The highest BCUT2D eigenvalue weighted by molar-refractivity contribution is 5.34. The van der Waals surface area contributed by atoms with Gasteiger partial charge in [0.1, 0.15) is 11.9 Å². The van der Waals surface area contributed by atoms with Crippen LogP contribution in [0.25, 0.3) is 0 Å². The van der Waals surface area contributed by atoms with Crippen LogP contribution in [0.1, 0.15) is 11.9 Å². The summed E-state index contributed by atoms with van der Waals surface area (Å²) < 4.78 is 5.29. The van der Waals surface area contributed by atoms with Gasteiger partial charge in [-0.05, 0) is 6.07 Å². The molecule has 12 heavy (non-hydrogen) atoms. The van der Waals surface area contributed by atoms with Crippen LogP contribution in [0.3, 0.4) is 0 Å². The molecule has 0 amide bonds. The Balaban J connectivity index is 2.77. The third-order valence-electron chi connectivity index (χ3n) is 1.61. The van der Waals surface area contributed by atoms with Crippen molar-refractivity contribution in [3.8, 4) is 0 Å². The molecular formula is C8H14N2O2. The molecule has 1 heterocycles. The molecule has 0 saturated heterocycles.